The molecule has 5 heteroatoms. The Hall–Kier alpha value is -1.91. The maximum absolute atomic E-state index is 6.17. The molecular formula is C20H31N3O2. The Morgan fingerprint density at radius 2 is 1.92 bits per heavy atom. The fraction of sp³-hybridized carbons (Fsp3) is 0.650. The van der Waals surface area contributed by atoms with Crippen molar-refractivity contribution in [2.24, 2.45) is 10.9 Å². The second kappa shape index (κ2) is 8.97. The van der Waals surface area contributed by atoms with E-state index in [4.69, 9.17) is 14.5 Å². The molecule has 2 fully saturated rings. The Morgan fingerprint density at radius 1 is 1.12 bits per heavy atom. The molecular weight excluding hydrogens is 314 g/mol. The first-order valence-corrected chi connectivity index (χ1v) is 9.64. The number of guanidine groups is 1. The zero-order valence-corrected chi connectivity index (χ0v) is 15.5. The van der Waals surface area contributed by atoms with Gasteiger partial charge >= 0.3 is 0 Å². The quantitative estimate of drug-likeness (QED) is 0.559. The summed E-state index contributed by atoms with van der Waals surface area (Å²) in [5.41, 5.74) is 1.14. The molecule has 0 saturated heterocycles. The third kappa shape index (κ3) is 5.55. The highest BCUT2D eigenvalue weighted by molar-refractivity contribution is 5.79. The summed E-state index contributed by atoms with van der Waals surface area (Å²) >= 11 is 0. The van der Waals surface area contributed by atoms with Gasteiger partial charge in [-0.25, -0.2) is 4.99 Å². The third-order valence-corrected chi connectivity index (χ3v) is 4.84. The number of rotatable bonds is 8. The van der Waals surface area contributed by atoms with Crippen LogP contribution in [0.1, 0.15) is 51.0 Å². The molecule has 0 aliphatic heterocycles. The normalized spacial score (nSPS) is 18.2. The number of benzene rings is 1. The standard InChI is InChI=1S/C20H31N3O2/c1-3-21-20(22-13-15-8-9-15)23-14-16-10-11-18(24-2)19(12-16)25-17-6-4-5-7-17/h10-12,15,17H,3-9,13-14H2,1-2H3,(H2,21,22,23). The van der Waals surface area contributed by atoms with Crippen LogP contribution in [0.25, 0.3) is 0 Å². The first kappa shape index (κ1) is 17.9. The molecule has 0 aromatic heterocycles. The van der Waals surface area contributed by atoms with Crippen molar-refractivity contribution in [2.45, 2.75) is 58.1 Å². The van der Waals surface area contributed by atoms with Crippen LogP contribution in [0.4, 0.5) is 0 Å². The van der Waals surface area contributed by atoms with Crippen LogP contribution < -0.4 is 20.1 Å². The van der Waals surface area contributed by atoms with E-state index < -0.39 is 0 Å². The number of aliphatic imine (C=N–C) groups is 1. The summed E-state index contributed by atoms with van der Waals surface area (Å²) in [6.45, 7) is 4.61. The average Bonchev–Trinajstić information content (AvgIpc) is 3.32. The van der Waals surface area contributed by atoms with E-state index in [-0.39, 0.29) is 0 Å². The van der Waals surface area contributed by atoms with Crippen LogP contribution in [0.2, 0.25) is 0 Å². The van der Waals surface area contributed by atoms with Gasteiger partial charge in [0, 0.05) is 13.1 Å². The van der Waals surface area contributed by atoms with Crippen molar-refractivity contribution in [3.63, 3.8) is 0 Å². The van der Waals surface area contributed by atoms with Crippen molar-refractivity contribution in [2.75, 3.05) is 20.2 Å². The first-order valence-electron chi connectivity index (χ1n) is 9.64. The minimum absolute atomic E-state index is 0.324. The van der Waals surface area contributed by atoms with E-state index in [2.05, 4.69) is 29.7 Å². The molecule has 3 rings (SSSR count). The Balaban J connectivity index is 1.63. The highest BCUT2D eigenvalue weighted by atomic mass is 16.5. The van der Waals surface area contributed by atoms with Gasteiger partial charge in [-0.15, -0.1) is 0 Å². The summed E-state index contributed by atoms with van der Waals surface area (Å²) in [5, 5.41) is 6.75. The van der Waals surface area contributed by atoms with Gasteiger partial charge in [-0.1, -0.05) is 6.07 Å². The number of hydrogen-bond donors (Lipinski definition) is 2. The lowest BCUT2D eigenvalue weighted by atomic mass is 10.2. The predicted octanol–water partition coefficient (Wildman–Crippen LogP) is 3.48. The van der Waals surface area contributed by atoms with Crippen LogP contribution >= 0.6 is 0 Å². The van der Waals surface area contributed by atoms with Crippen LogP contribution in [0.15, 0.2) is 23.2 Å². The van der Waals surface area contributed by atoms with Crippen LogP contribution in [0.5, 0.6) is 11.5 Å². The number of nitrogens with zero attached hydrogens (tertiary/aromatic N) is 1. The Kier molecular flexibility index (Phi) is 6.42. The average molecular weight is 345 g/mol. The minimum Gasteiger partial charge on any atom is -0.493 e. The van der Waals surface area contributed by atoms with Gasteiger partial charge in [0.05, 0.1) is 19.8 Å². The monoisotopic (exact) mass is 345 g/mol. The molecule has 0 radical (unpaired) electrons. The van der Waals surface area contributed by atoms with Crippen molar-refractivity contribution in [3.8, 4) is 11.5 Å². The number of nitrogens with one attached hydrogen (secondary N) is 2. The van der Waals surface area contributed by atoms with Crippen molar-refractivity contribution in [1.82, 2.24) is 10.6 Å². The highest BCUT2D eigenvalue weighted by Crippen LogP contribution is 2.32. The summed E-state index contributed by atoms with van der Waals surface area (Å²) in [6.07, 6.45) is 7.80. The molecule has 2 saturated carbocycles. The topological polar surface area (TPSA) is 54.9 Å². The van der Waals surface area contributed by atoms with Gasteiger partial charge in [0.25, 0.3) is 0 Å². The zero-order valence-electron chi connectivity index (χ0n) is 15.5. The predicted molar refractivity (Wildman–Crippen MR) is 101 cm³/mol. The summed E-state index contributed by atoms with van der Waals surface area (Å²) in [6, 6.07) is 6.12. The summed E-state index contributed by atoms with van der Waals surface area (Å²) in [5.74, 6) is 3.37. The molecule has 0 heterocycles. The summed E-state index contributed by atoms with van der Waals surface area (Å²) in [4.78, 5) is 4.71. The van der Waals surface area contributed by atoms with Crippen molar-refractivity contribution in [1.29, 1.82) is 0 Å². The fourth-order valence-corrected chi connectivity index (χ4v) is 3.17. The second-order valence-electron chi connectivity index (χ2n) is 7.03. The molecule has 138 valence electrons. The van der Waals surface area contributed by atoms with Gasteiger partial charge in [0.15, 0.2) is 17.5 Å². The lowest BCUT2D eigenvalue weighted by molar-refractivity contribution is 0.200. The molecule has 0 spiro atoms. The van der Waals surface area contributed by atoms with E-state index in [1.165, 1.54) is 25.7 Å². The molecule has 2 N–H and O–H groups in total. The molecule has 2 aliphatic rings. The van der Waals surface area contributed by atoms with Gasteiger partial charge in [0.1, 0.15) is 0 Å². The maximum atomic E-state index is 6.17. The van der Waals surface area contributed by atoms with Gasteiger partial charge in [-0.3, -0.25) is 0 Å². The van der Waals surface area contributed by atoms with E-state index in [1.54, 1.807) is 7.11 Å². The van der Waals surface area contributed by atoms with Gasteiger partial charge < -0.3 is 20.1 Å². The van der Waals surface area contributed by atoms with Crippen LogP contribution in [-0.2, 0) is 6.54 Å². The summed E-state index contributed by atoms with van der Waals surface area (Å²) in [7, 11) is 1.69. The van der Waals surface area contributed by atoms with E-state index in [0.29, 0.717) is 12.6 Å². The van der Waals surface area contributed by atoms with Gasteiger partial charge in [-0.2, -0.15) is 0 Å². The molecule has 0 atom stereocenters. The second-order valence-corrected chi connectivity index (χ2v) is 7.03. The Morgan fingerprint density at radius 3 is 2.60 bits per heavy atom. The number of hydrogen-bond acceptors (Lipinski definition) is 3. The smallest absolute Gasteiger partial charge is 0.191 e. The molecule has 1 aromatic carbocycles. The minimum atomic E-state index is 0.324. The van der Waals surface area contributed by atoms with Gasteiger partial charge in [0.2, 0.25) is 0 Å². The molecule has 0 unspecified atom stereocenters. The largest absolute Gasteiger partial charge is 0.493 e. The molecule has 2 aliphatic carbocycles. The highest BCUT2D eigenvalue weighted by Gasteiger charge is 2.21. The van der Waals surface area contributed by atoms with E-state index in [1.807, 2.05) is 6.07 Å². The van der Waals surface area contributed by atoms with E-state index >= 15 is 0 Å². The molecule has 0 bridgehead atoms. The molecule has 0 amide bonds. The maximum Gasteiger partial charge on any atom is 0.191 e. The number of ether oxygens (including phenoxy) is 2. The Bertz CT molecular complexity index is 578. The van der Waals surface area contributed by atoms with Crippen molar-refractivity contribution < 1.29 is 9.47 Å². The Labute approximate surface area is 151 Å². The summed E-state index contributed by atoms with van der Waals surface area (Å²) < 4.78 is 11.6. The SMILES string of the molecule is CCNC(=NCc1ccc(OC)c(OC2CCCC2)c1)NCC1CC1. The molecule has 5 nitrogen and oxygen atoms in total. The lowest BCUT2D eigenvalue weighted by Crippen LogP contribution is -2.38. The third-order valence-electron chi connectivity index (χ3n) is 4.84. The van der Waals surface area contributed by atoms with E-state index in [9.17, 15) is 0 Å². The first-order chi connectivity index (χ1) is 12.3. The fourth-order valence-electron chi connectivity index (χ4n) is 3.17. The van der Waals surface area contributed by atoms with Crippen molar-refractivity contribution >= 4 is 5.96 Å². The zero-order chi connectivity index (χ0) is 17.5. The van der Waals surface area contributed by atoms with Gasteiger partial charge in [-0.05, 0) is 69.1 Å². The van der Waals surface area contributed by atoms with Crippen LogP contribution in [-0.4, -0.2) is 32.3 Å². The molecule has 1 aromatic rings. The van der Waals surface area contributed by atoms with Crippen LogP contribution in [0.3, 0.4) is 0 Å². The van der Waals surface area contributed by atoms with E-state index in [0.717, 1.165) is 54.9 Å². The number of methoxy groups -OCH3 is 1. The molecule has 25 heavy (non-hydrogen) atoms. The van der Waals surface area contributed by atoms with Crippen LogP contribution in [0, 0.1) is 5.92 Å². The van der Waals surface area contributed by atoms with Crippen molar-refractivity contribution in [3.05, 3.63) is 23.8 Å². The lowest BCUT2D eigenvalue weighted by Gasteiger charge is -2.17.